The van der Waals surface area contributed by atoms with E-state index in [1.54, 1.807) is 6.92 Å². The fourth-order valence-corrected chi connectivity index (χ4v) is 5.18. The third kappa shape index (κ3) is 26.3. The first kappa shape index (κ1) is 35.2. The van der Waals surface area contributed by atoms with E-state index < -0.39 is 0 Å². The highest BCUT2D eigenvalue weighted by molar-refractivity contribution is 5.86. The number of rotatable bonds is 29. The molecule has 0 spiro atoms. The molecule has 1 atom stereocenters. The number of hydrogen-bond acceptors (Lipinski definition) is 2. The molecule has 2 nitrogen and oxygen atoms in total. The van der Waals surface area contributed by atoms with Crippen molar-refractivity contribution in [3.63, 3.8) is 0 Å². The van der Waals surface area contributed by atoms with E-state index in [2.05, 4.69) is 20.4 Å². The van der Waals surface area contributed by atoms with Crippen LogP contribution in [0.2, 0.25) is 0 Å². The SMILES string of the molecule is C=C(C)C(=O)OCC(CCCCCCCCCC)CCCCCCCCCCCCCCCCCC. The highest BCUT2D eigenvalue weighted by atomic mass is 16.5. The monoisotopic (exact) mass is 507 g/mol. The molecule has 0 aliphatic carbocycles. The Morgan fingerprint density at radius 3 is 1.08 bits per heavy atom. The van der Waals surface area contributed by atoms with Crippen LogP contribution in [-0.2, 0) is 9.53 Å². The molecule has 2 heteroatoms. The Hall–Kier alpha value is -0.790. The van der Waals surface area contributed by atoms with Gasteiger partial charge in [0.1, 0.15) is 0 Å². The molecule has 36 heavy (non-hydrogen) atoms. The van der Waals surface area contributed by atoms with E-state index in [0.717, 1.165) is 0 Å². The van der Waals surface area contributed by atoms with E-state index in [4.69, 9.17) is 4.74 Å². The van der Waals surface area contributed by atoms with Crippen molar-refractivity contribution in [2.24, 2.45) is 5.92 Å². The number of carbonyl (C=O) groups excluding carboxylic acids is 1. The molecular weight excluding hydrogens is 440 g/mol. The molecule has 0 radical (unpaired) electrons. The first-order chi connectivity index (χ1) is 17.6. The molecule has 0 heterocycles. The second-order valence-corrected chi connectivity index (χ2v) is 11.6. The van der Waals surface area contributed by atoms with Gasteiger partial charge in [0.15, 0.2) is 0 Å². The van der Waals surface area contributed by atoms with Gasteiger partial charge in [-0.3, -0.25) is 0 Å². The molecular formula is C34H66O2. The van der Waals surface area contributed by atoms with Gasteiger partial charge in [-0.25, -0.2) is 4.79 Å². The van der Waals surface area contributed by atoms with Crippen molar-refractivity contribution in [1.82, 2.24) is 0 Å². The molecule has 0 bridgehead atoms. The first-order valence-corrected chi connectivity index (χ1v) is 16.4. The average Bonchev–Trinajstić information content (AvgIpc) is 2.87. The van der Waals surface area contributed by atoms with Crippen molar-refractivity contribution < 1.29 is 9.53 Å². The maximum atomic E-state index is 11.9. The Kier molecular flexibility index (Phi) is 28.1. The van der Waals surface area contributed by atoms with Crippen molar-refractivity contribution in [3.8, 4) is 0 Å². The lowest BCUT2D eigenvalue weighted by Gasteiger charge is -2.17. The van der Waals surface area contributed by atoms with Gasteiger partial charge < -0.3 is 4.74 Å². The number of hydrogen-bond donors (Lipinski definition) is 0. The quantitative estimate of drug-likeness (QED) is 0.0572. The Morgan fingerprint density at radius 2 is 0.806 bits per heavy atom. The minimum Gasteiger partial charge on any atom is -0.462 e. The van der Waals surface area contributed by atoms with Crippen LogP contribution in [0.15, 0.2) is 12.2 Å². The molecule has 0 saturated heterocycles. The summed E-state index contributed by atoms with van der Waals surface area (Å²) in [6.45, 7) is 10.6. The second kappa shape index (κ2) is 28.8. The summed E-state index contributed by atoms with van der Waals surface area (Å²) < 4.78 is 5.53. The van der Waals surface area contributed by atoms with Gasteiger partial charge in [-0.2, -0.15) is 0 Å². The smallest absolute Gasteiger partial charge is 0.333 e. The van der Waals surface area contributed by atoms with E-state index in [0.29, 0.717) is 18.1 Å². The van der Waals surface area contributed by atoms with Crippen molar-refractivity contribution in [1.29, 1.82) is 0 Å². The van der Waals surface area contributed by atoms with Gasteiger partial charge >= 0.3 is 5.97 Å². The molecule has 0 rings (SSSR count). The van der Waals surface area contributed by atoms with Crippen LogP contribution in [0.3, 0.4) is 0 Å². The van der Waals surface area contributed by atoms with E-state index in [-0.39, 0.29) is 5.97 Å². The van der Waals surface area contributed by atoms with E-state index in [9.17, 15) is 4.79 Å². The van der Waals surface area contributed by atoms with Crippen LogP contribution in [0, 0.1) is 5.92 Å². The van der Waals surface area contributed by atoms with E-state index in [1.165, 1.54) is 167 Å². The lowest BCUT2D eigenvalue weighted by Crippen LogP contribution is -2.15. The zero-order valence-electron chi connectivity index (χ0n) is 25.2. The molecule has 214 valence electrons. The Morgan fingerprint density at radius 1 is 0.528 bits per heavy atom. The Labute approximate surface area is 227 Å². The second-order valence-electron chi connectivity index (χ2n) is 11.6. The van der Waals surface area contributed by atoms with Gasteiger partial charge in [0.25, 0.3) is 0 Å². The fraction of sp³-hybridized carbons (Fsp3) is 0.912. The Balaban J connectivity index is 3.72. The van der Waals surface area contributed by atoms with E-state index in [1.807, 2.05) is 0 Å². The largest absolute Gasteiger partial charge is 0.462 e. The van der Waals surface area contributed by atoms with Gasteiger partial charge in [-0.1, -0.05) is 175 Å². The molecule has 0 aliphatic heterocycles. The molecule has 0 aromatic carbocycles. The van der Waals surface area contributed by atoms with Crippen LogP contribution < -0.4 is 0 Å². The molecule has 0 saturated carbocycles. The highest BCUT2D eigenvalue weighted by Gasteiger charge is 2.12. The summed E-state index contributed by atoms with van der Waals surface area (Å²) in [6.07, 6.45) is 35.8. The molecule has 0 aromatic rings. The van der Waals surface area contributed by atoms with Gasteiger partial charge in [0.05, 0.1) is 6.61 Å². The highest BCUT2D eigenvalue weighted by Crippen LogP contribution is 2.21. The molecule has 0 aromatic heterocycles. The maximum absolute atomic E-state index is 11.9. The predicted octanol–water partition coefficient (Wildman–Crippen LogP) is 11.9. The van der Waals surface area contributed by atoms with Crippen LogP contribution in [-0.4, -0.2) is 12.6 Å². The summed E-state index contributed by atoms with van der Waals surface area (Å²) in [4.78, 5) is 11.9. The zero-order chi connectivity index (χ0) is 26.5. The van der Waals surface area contributed by atoms with Gasteiger partial charge in [-0.05, 0) is 25.7 Å². The Bertz CT molecular complexity index is 470. The minimum absolute atomic E-state index is 0.220. The third-order valence-corrected chi connectivity index (χ3v) is 7.73. The topological polar surface area (TPSA) is 26.3 Å². The van der Waals surface area contributed by atoms with Crippen molar-refractivity contribution in [3.05, 3.63) is 12.2 Å². The van der Waals surface area contributed by atoms with Crippen LogP contribution in [0.1, 0.15) is 188 Å². The molecule has 0 amide bonds. The zero-order valence-corrected chi connectivity index (χ0v) is 25.2. The summed E-state index contributed by atoms with van der Waals surface area (Å²) in [5.74, 6) is 0.308. The van der Waals surface area contributed by atoms with Crippen LogP contribution in [0.5, 0.6) is 0 Å². The van der Waals surface area contributed by atoms with Crippen molar-refractivity contribution >= 4 is 5.97 Å². The predicted molar refractivity (Wildman–Crippen MR) is 161 cm³/mol. The molecule has 0 aliphatic rings. The number of carbonyl (C=O) groups is 1. The number of ether oxygens (including phenoxy) is 1. The first-order valence-electron chi connectivity index (χ1n) is 16.4. The van der Waals surface area contributed by atoms with Crippen molar-refractivity contribution in [2.75, 3.05) is 6.61 Å². The van der Waals surface area contributed by atoms with Gasteiger partial charge in [-0.15, -0.1) is 0 Å². The van der Waals surface area contributed by atoms with Crippen molar-refractivity contribution in [2.45, 2.75) is 188 Å². The molecule has 0 N–H and O–H groups in total. The minimum atomic E-state index is -0.220. The van der Waals surface area contributed by atoms with E-state index >= 15 is 0 Å². The summed E-state index contributed by atoms with van der Waals surface area (Å²) in [5.41, 5.74) is 0.517. The summed E-state index contributed by atoms with van der Waals surface area (Å²) >= 11 is 0. The summed E-state index contributed by atoms with van der Waals surface area (Å²) in [7, 11) is 0. The van der Waals surface area contributed by atoms with Crippen LogP contribution >= 0.6 is 0 Å². The average molecular weight is 507 g/mol. The van der Waals surface area contributed by atoms with Crippen LogP contribution in [0.25, 0.3) is 0 Å². The molecule has 1 unspecified atom stereocenters. The van der Waals surface area contributed by atoms with Gasteiger partial charge in [0, 0.05) is 5.57 Å². The van der Waals surface area contributed by atoms with Crippen LogP contribution in [0.4, 0.5) is 0 Å². The lowest BCUT2D eigenvalue weighted by atomic mass is 9.94. The fourth-order valence-electron chi connectivity index (χ4n) is 5.18. The normalized spacial score (nSPS) is 12.1. The third-order valence-electron chi connectivity index (χ3n) is 7.73. The van der Waals surface area contributed by atoms with Gasteiger partial charge in [0.2, 0.25) is 0 Å². The summed E-state index contributed by atoms with van der Waals surface area (Å²) in [5, 5.41) is 0. The standard InChI is InChI=1S/C34H66O2/c1-5-7-9-11-13-15-16-17-18-19-20-21-22-24-26-28-30-33(31-36-34(35)32(3)4)29-27-25-23-14-12-10-8-6-2/h33H,3,5-31H2,1-2,4H3. The summed E-state index contributed by atoms with van der Waals surface area (Å²) in [6, 6.07) is 0. The lowest BCUT2D eigenvalue weighted by molar-refractivity contribution is -0.140. The number of esters is 1. The maximum Gasteiger partial charge on any atom is 0.333 e. The number of unbranched alkanes of at least 4 members (excludes halogenated alkanes) is 22. The molecule has 0 fully saturated rings.